The van der Waals surface area contributed by atoms with Crippen LogP contribution >= 0.6 is 11.6 Å². The zero-order valence-corrected chi connectivity index (χ0v) is 11.8. The van der Waals surface area contributed by atoms with Gasteiger partial charge in [-0.1, -0.05) is 23.7 Å². The van der Waals surface area contributed by atoms with Gasteiger partial charge in [-0.05, 0) is 30.7 Å². The van der Waals surface area contributed by atoms with Crippen LogP contribution in [0.15, 0.2) is 36.4 Å². The van der Waals surface area contributed by atoms with Crippen molar-refractivity contribution in [2.24, 2.45) is 5.73 Å². The molecule has 110 valence electrons. The number of hydrogen-bond acceptors (Lipinski definition) is 4. The van der Waals surface area contributed by atoms with Crippen molar-refractivity contribution in [3.05, 3.63) is 62.9 Å². The number of hydrogen-bond donors (Lipinski definition) is 1. The first kappa shape index (κ1) is 15.2. The average Bonchev–Trinajstić information content (AvgIpc) is 2.42. The third-order valence-corrected chi connectivity index (χ3v) is 3.13. The molecule has 0 spiro atoms. The summed E-state index contributed by atoms with van der Waals surface area (Å²) < 4.78 is 19.2. The molecule has 0 fully saturated rings. The minimum atomic E-state index is -0.668. The summed E-state index contributed by atoms with van der Waals surface area (Å²) in [7, 11) is 0. The number of nitrogens with zero attached hydrogens (tertiary/aromatic N) is 1. The smallest absolute Gasteiger partial charge is 0.313 e. The highest BCUT2D eigenvalue weighted by Crippen LogP contribution is 2.38. The number of nitrogens with two attached hydrogens (primary N) is 1. The summed E-state index contributed by atoms with van der Waals surface area (Å²) in [5, 5.41) is 11.0. The first-order valence-corrected chi connectivity index (χ1v) is 6.43. The highest BCUT2D eigenvalue weighted by molar-refractivity contribution is 6.32. The Hall–Kier alpha value is -2.18. The lowest BCUT2D eigenvalue weighted by Gasteiger charge is -2.11. The van der Waals surface area contributed by atoms with Crippen LogP contribution < -0.4 is 10.5 Å². The molecule has 7 heteroatoms. The van der Waals surface area contributed by atoms with Crippen molar-refractivity contribution in [3.63, 3.8) is 0 Å². The standard InChI is InChI=1S/C14H12ClFN2O3/c1-8(17)9-5-6-13(11(16)7-9)21-14-10(15)3-2-4-12(14)18(19)20/h2-8H,17H2,1H3/t8-/m0/s1. The van der Waals surface area contributed by atoms with Crippen molar-refractivity contribution in [3.8, 4) is 11.5 Å². The second-order valence-corrected chi connectivity index (χ2v) is 4.83. The lowest BCUT2D eigenvalue weighted by molar-refractivity contribution is -0.385. The minimum Gasteiger partial charge on any atom is -0.445 e. The fourth-order valence-corrected chi connectivity index (χ4v) is 1.94. The third-order valence-electron chi connectivity index (χ3n) is 2.84. The van der Waals surface area contributed by atoms with E-state index < -0.39 is 10.7 Å². The molecule has 0 saturated heterocycles. The van der Waals surface area contributed by atoms with Crippen LogP contribution in [-0.4, -0.2) is 4.92 Å². The molecule has 5 nitrogen and oxygen atoms in total. The number of ether oxygens (including phenoxy) is 1. The Bertz CT molecular complexity index is 692. The number of benzene rings is 2. The first-order chi connectivity index (χ1) is 9.90. The molecule has 0 aliphatic rings. The molecule has 0 heterocycles. The minimum absolute atomic E-state index is 0.0277. The molecule has 0 aromatic heterocycles. The van der Waals surface area contributed by atoms with Gasteiger partial charge in [-0.15, -0.1) is 0 Å². The Morgan fingerprint density at radius 2 is 2.10 bits per heavy atom. The van der Waals surface area contributed by atoms with Crippen LogP contribution in [0.1, 0.15) is 18.5 Å². The third kappa shape index (κ3) is 3.29. The second-order valence-electron chi connectivity index (χ2n) is 4.43. The van der Waals surface area contributed by atoms with Gasteiger partial charge in [0.1, 0.15) is 0 Å². The van der Waals surface area contributed by atoms with E-state index in [2.05, 4.69) is 0 Å². The van der Waals surface area contributed by atoms with Gasteiger partial charge in [0.15, 0.2) is 11.6 Å². The second kappa shape index (κ2) is 6.07. The Morgan fingerprint density at radius 1 is 1.38 bits per heavy atom. The predicted octanol–water partition coefficient (Wildman–Crippen LogP) is 4.20. The summed E-state index contributed by atoms with van der Waals surface area (Å²) >= 11 is 5.89. The van der Waals surface area contributed by atoms with Gasteiger partial charge in [0.05, 0.1) is 9.95 Å². The van der Waals surface area contributed by atoms with E-state index in [1.807, 2.05) is 0 Å². The maximum atomic E-state index is 14.0. The van der Waals surface area contributed by atoms with Crippen molar-refractivity contribution in [1.29, 1.82) is 0 Å². The topological polar surface area (TPSA) is 78.4 Å². The lowest BCUT2D eigenvalue weighted by Crippen LogP contribution is -2.05. The predicted molar refractivity (Wildman–Crippen MR) is 77.2 cm³/mol. The summed E-state index contributed by atoms with van der Waals surface area (Å²) in [5.74, 6) is -1.02. The van der Waals surface area contributed by atoms with Gasteiger partial charge in [-0.2, -0.15) is 0 Å². The number of nitro benzene ring substituents is 1. The molecule has 0 bridgehead atoms. The molecular weight excluding hydrogens is 299 g/mol. The highest BCUT2D eigenvalue weighted by atomic mass is 35.5. The molecule has 0 aliphatic heterocycles. The van der Waals surface area contributed by atoms with Gasteiger partial charge in [0.25, 0.3) is 0 Å². The fourth-order valence-electron chi connectivity index (χ4n) is 1.74. The van der Waals surface area contributed by atoms with E-state index in [4.69, 9.17) is 22.1 Å². The van der Waals surface area contributed by atoms with Gasteiger partial charge in [-0.25, -0.2) is 4.39 Å². The van der Waals surface area contributed by atoms with E-state index >= 15 is 0 Å². The molecule has 0 aliphatic carbocycles. The molecule has 21 heavy (non-hydrogen) atoms. The summed E-state index contributed by atoms with van der Waals surface area (Å²) in [5.41, 5.74) is 5.91. The summed E-state index contributed by atoms with van der Waals surface area (Å²) in [4.78, 5) is 10.3. The Balaban J connectivity index is 2.41. The average molecular weight is 311 g/mol. The Kier molecular flexibility index (Phi) is 4.40. The highest BCUT2D eigenvalue weighted by Gasteiger charge is 2.20. The first-order valence-electron chi connectivity index (χ1n) is 6.06. The van der Waals surface area contributed by atoms with Crippen LogP contribution in [0, 0.1) is 15.9 Å². The van der Waals surface area contributed by atoms with Gasteiger partial charge >= 0.3 is 5.69 Å². The van der Waals surface area contributed by atoms with Crippen LogP contribution in [0.2, 0.25) is 5.02 Å². The van der Waals surface area contributed by atoms with Crippen LogP contribution in [0.25, 0.3) is 0 Å². The van der Waals surface area contributed by atoms with Crippen LogP contribution in [-0.2, 0) is 0 Å². The molecular formula is C14H12ClFN2O3. The molecule has 0 radical (unpaired) electrons. The van der Waals surface area contributed by atoms with Crippen molar-refractivity contribution < 1.29 is 14.1 Å². The molecule has 1 atom stereocenters. The number of halogens is 2. The Labute approximate surface area is 125 Å². The summed E-state index contributed by atoms with van der Waals surface area (Å²) in [6.45, 7) is 1.72. The van der Waals surface area contributed by atoms with Gasteiger partial charge in [0, 0.05) is 12.1 Å². The molecule has 2 N–H and O–H groups in total. The summed E-state index contributed by atoms with van der Waals surface area (Å²) in [6.07, 6.45) is 0. The SMILES string of the molecule is C[C@H](N)c1ccc(Oc2c(Cl)cccc2[N+](=O)[O-])c(F)c1. The molecule has 0 amide bonds. The summed E-state index contributed by atoms with van der Waals surface area (Å²) in [6, 6.07) is 7.93. The normalized spacial score (nSPS) is 12.0. The lowest BCUT2D eigenvalue weighted by atomic mass is 10.1. The number of para-hydroxylation sites is 1. The Morgan fingerprint density at radius 3 is 2.67 bits per heavy atom. The van der Waals surface area contributed by atoms with Gasteiger partial charge in [-0.3, -0.25) is 10.1 Å². The molecule has 0 saturated carbocycles. The largest absolute Gasteiger partial charge is 0.445 e. The zero-order chi connectivity index (χ0) is 15.6. The van der Waals surface area contributed by atoms with Crippen molar-refractivity contribution >= 4 is 17.3 Å². The van der Waals surface area contributed by atoms with E-state index in [0.29, 0.717) is 5.56 Å². The number of rotatable bonds is 4. The monoisotopic (exact) mass is 310 g/mol. The molecule has 2 aromatic rings. The molecule has 2 aromatic carbocycles. The van der Waals surface area contributed by atoms with E-state index in [1.54, 1.807) is 13.0 Å². The van der Waals surface area contributed by atoms with E-state index in [9.17, 15) is 14.5 Å². The van der Waals surface area contributed by atoms with Crippen LogP contribution in [0.4, 0.5) is 10.1 Å². The maximum Gasteiger partial charge on any atom is 0.313 e. The zero-order valence-electron chi connectivity index (χ0n) is 11.0. The van der Waals surface area contributed by atoms with E-state index in [0.717, 1.165) is 0 Å². The van der Waals surface area contributed by atoms with Gasteiger partial charge in [0.2, 0.25) is 5.75 Å². The van der Waals surface area contributed by atoms with E-state index in [-0.39, 0.29) is 28.3 Å². The van der Waals surface area contributed by atoms with Gasteiger partial charge < -0.3 is 10.5 Å². The van der Waals surface area contributed by atoms with Crippen molar-refractivity contribution in [2.45, 2.75) is 13.0 Å². The van der Waals surface area contributed by atoms with Crippen molar-refractivity contribution in [2.75, 3.05) is 0 Å². The molecule has 0 unspecified atom stereocenters. The fraction of sp³-hybridized carbons (Fsp3) is 0.143. The van der Waals surface area contributed by atoms with Crippen LogP contribution in [0.3, 0.4) is 0 Å². The maximum absolute atomic E-state index is 14.0. The molecule has 2 rings (SSSR count). The van der Waals surface area contributed by atoms with Crippen molar-refractivity contribution in [1.82, 2.24) is 0 Å². The quantitative estimate of drug-likeness (QED) is 0.678. The van der Waals surface area contributed by atoms with Crippen LogP contribution in [0.5, 0.6) is 11.5 Å². The number of nitro groups is 1. The van der Waals surface area contributed by atoms with E-state index in [1.165, 1.54) is 30.3 Å².